The monoisotopic (exact) mass is 322 g/mol. The Labute approximate surface area is 101 Å². The number of carbonyl (C=O) groups is 1. The molecule has 0 aliphatic heterocycles. The van der Waals surface area contributed by atoms with E-state index >= 15 is 0 Å². The molecular weight excluding hydrogens is 310 g/mol. The van der Waals surface area contributed by atoms with Crippen LogP contribution in [0.2, 0.25) is 0 Å². The van der Waals surface area contributed by atoms with E-state index in [0.717, 1.165) is 11.6 Å². The Bertz CT molecular complexity index is 324. The summed E-state index contributed by atoms with van der Waals surface area (Å²) in [6.45, 7) is 0. The molecule has 0 saturated heterocycles. The third-order valence-corrected chi connectivity index (χ3v) is 2.08. The quantitative estimate of drug-likeness (QED) is 0.503. The first kappa shape index (κ1) is 19.7. The predicted octanol–water partition coefficient (Wildman–Crippen LogP) is -1.90. The summed E-state index contributed by atoms with van der Waals surface area (Å²) in [6.07, 6.45) is 2.73. The van der Waals surface area contributed by atoms with Crippen molar-refractivity contribution in [2.75, 3.05) is 0 Å². The van der Waals surface area contributed by atoms with Gasteiger partial charge >= 0.3 is 84.4 Å². The topological polar surface area (TPSA) is 132 Å². The van der Waals surface area contributed by atoms with Crippen LogP contribution in [0.5, 0.6) is 0 Å². The Morgan fingerprint density at radius 3 is 2.33 bits per heavy atom. The van der Waals surface area contributed by atoms with Gasteiger partial charge in [-0.1, -0.05) is 0 Å². The minimum atomic E-state index is -0.916. The van der Waals surface area contributed by atoms with Gasteiger partial charge in [0.1, 0.15) is 0 Å². The second kappa shape index (κ2) is 9.67. The van der Waals surface area contributed by atoms with Gasteiger partial charge in [-0.15, -0.1) is 0 Å². The number of carboxylic acids is 1. The van der Waals surface area contributed by atoms with Gasteiger partial charge in [0.25, 0.3) is 0 Å². The van der Waals surface area contributed by atoms with Gasteiger partial charge in [0, 0.05) is 0 Å². The van der Waals surface area contributed by atoms with Crippen LogP contribution in [0.4, 0.5) is 0 Å². The number of rotatable bonds is 2. The second-order valence-electron chi connectivity index (χ2n) is 2.27. The maximum atomic E-state index is 10.2. The van der Waals surface area contributed by atoms with E-state index in [4.69, 9.17) is 5.11 Å². The van der Waals surface area contributed by atoms with Gasteiger partial charge in [0.05, 0.1) is 0 Å². The first-order chi connectivity index (χ1) is 5.68. The van der Waals surface area contributed by atoms with Crippen LogP contribution in [0.15, 0.2) is 30.3 Å². The molecule has 1 rings (SSSR count). The Balaban J connectivity index is -0.000000480. The average molecular weight is 323 g/mol. The summed E-state index contributed by atoms with van der Waals surface area (Å²) in [5, 5.41) is 8.36. The molecule has 0 heterocycles. The van der Waals surface area contributed by atoms with Gasteiger partial charge in [0.2, 0.25) is 0 Å². The Morgan fingerprint density at radius 2 is 1.87 bits per heavy atom. The SMILES string of the molecule is O.O.O.O=C(O)C=Cc1ccc[c]([Sb])c1. The second-order valence-corrected chi connectivity index (χ2v) is 3.74. The number of carboxylic acid groups (broad SMARTS) is 1. The van der Waals surface area contributed by atoms with Gasteiger partial charge in [0.15, 0.2) is 0 Å². The summed E-state index contributed by atoms with van der Waals surface area (Å²) >= 11 is 1.62. The van der Waals surface area contributed by atoms with Gasteiger partial charge < -0.3 is 16.4 Å². The van der Waals surface area contributed by atoms with Crippen LogP contribution in [-0.4, -0.2) is 50.5 Å². The van der Waals surface area contributed by atoms with Crippen LogP contribution in [0, 0.1) is 0 Å². The van der Waals surface area contributed by atoms with Crippen molar-refractivity contribution in [2.45, 2.75) is 0 Å². The van der Waals surface area contributed by atoms with Crippen LogP contribution in [0.25, 0.3) is 6.08 Å². The molecule has 0 aliphatic carbocycles. The van der Waals surface area contributed by atoms with E-state index in [1.807, 2.05) is 24.3 Å². The molecule has 0 bridgehead atoms. The summed E-state index contributed by atoms with van der Waals surface area (Å²) in [6, 6.07) is 7.73. The molecule has 0 spiro atoms. The van der Waals surface area contributed by atoms with E-state index in [1.54, 1.807) is 29.1 Å². The van der Waals surface area contributed by atoms with Crippen molar-refractivity contribution in [3.8, 4) is 0 Å². The molecule has 7 N–H and O–H groups in total. The van der Waals surface area contributed by atoms with Crippen LogP contribution in [0.3, 0.4) is 0 Å². The molecule has 1 aromatic rings. The van der Waals surface area contributed by atoms with Gasteiger partial charge in [-0.3, -0.25) is 0 Å². The first-order valence-electron chi connectivity index (χ1n) is 3.38. The van der Waals surface area contributed by atoms with Crippen molar-refractivity contribution in [1.82, 2.24) is 0 Å². The first-order valence-corrected chi connectivity index (χ1v) is 4.66. The molecule has 1 aromatic carbocycles. The molecule has 2 radical (unpaired) electrons. The van der Waals surface area contributed by atoms with E-state index in [-0.39, 0.29) is 16.4 Å². The predicted molar refractivity (Wildman–Crippen MR) is 59.3 cm³/mol. The fourth-order valence-corrected chi connectivity index (χ4v) is 1.47. The zero-order valence-corrected chi connectivity index (χ0v) is 10.3. The number of aliphatic carboxylic acids is 1. The zero-order valence-electron chi connectivity index (χ0n) is 7.77. The Morgan fingerprint density at radius 1 is 1.27 bits per heavy atom. The molecule has 0 unspecified atom stereocenters. The zero-order chi connectivity index (χ0) is 8.97. The third-order valence-electron chi connectivity index (χ3n) is 1.29. The van der Waals surface area contributed by atoms with Crippen LogP contribution < -0.4 is 3.51 Å². The Hall–Kier alpha value is -0.872. The average Bonchev–Trinajstić information content (AvgIpc) is 2.01. The normalized spacial score (nSPS) is 8.33. The summed E-state index contributed by atoms with van der Waals surface area (Å²) in [7, 11) is 0. The van der Waals surface area contributed by atoms with Crippen molar-refractivity contribution < 1.29 is 26.3 Å². The van der Waals surface area contributed by atoms with Crippen molar-refractivity contribution in [3.05, 3.63) is 35.9 Å². The summed E-state index contributed by atoms with van der Waals surface area (Å²) in [5.41, 5.74) is 0.927. The summed E-state index contributed by atoms with van der Waals surface area (Å²) in [5.74, 6) is -0.916. The van der Waals surface area contributed by atoms with E-state index in [0.29, 0.717) is 0 Å². The molecule has 15 heavy (non-hydrogen) atoms. The third kappa shape index (κ3) is 8.14. The van der Waals surface area contributed by atoms with E-state index in [1.165, 1.54) is 3.51 Å². The van der Waals surface area contributed by atoms with Crippen LogP contribution in [0.1, 0.15) is 5.56 Å². The number of hydrogen-bond acceptors (Lipinski definition) is 1. The van der Waals surface area contributed by atoms with E-state index in [2.05, 4.69) is 0 Å². The fraction of sp³-hybridized carbons (Fsp3) is 0. The van der Waals surface area contributed by atoms with Crippen molar-refractivity contribution in [1.29, 1.82) is 0 Å². The van der Waals surface area contributed by atoms with Gasteiger partial charge in [-0.25, -0.2) is 0 Å². The van der Waals surface area contributed by atoms with E-state index < -0.39 is 5.97 Å². The molecule has 0 aliphatic rings. The van der Waals surface area contributed by atoms with Crippen molar-refractivity contribution in [3.63, 3.8) is 0 Å². The van der Waals surface area contributed by atoms with Gasteiger partial charge in [-0.2, -0.15) is 0 Å². The maximum absolute atomic E-state index is 10.2. The fourth-order valence-electron chi connectivity index (χ4n) is 0.796. The molecule has 84 valence electrons. The standard InChI is InChI=1S/C9H7O2.3H2O.Sb/c10-9(11)7-6-8-4-2-1-3-5-8;;;;/h1-2,4-7H,(H,10,11);3*1H2;. The van der Waals surface area contributed by atoms with Crippen LogP contribution in [-0.2, 0) is 4.79 Å². The minimum absolute atomic E-state index is 0. The molecule has 0 atom stereocenters. The Kier molecular flexibility index (Phi) is 12.7. The molecule has 6 heteroatoms. The van der Waals surface area contributed by atoms with Crippen molar-refractivity contribution in [2.24, 2.45) is 0 Å². The van der Waals surface area contributed by atoms with Crippen molar-refractivity contribution >= 4 is 38.6 Å². The molecule has 0 fully saturated rings. The molecule has 5 nitrogen and oxygen atoms in total. The summed E-state index contributed by atoms with van der Waals surface area (Å²) < 4.78 is 1.18. The van der Waals surface area contributed by atoms with Gasteiger partial charge in [-0.05, 0) is 0 Å². The molecule has 0 saturated carbocycles. The van der Waals surface area contributed by atoms with Crippen LogP contribution >= 0.6 is 0 Å². The number of hydrogen-bond donors (Lipinski definition) is 1. The number of benzene rings is 1. The molecule has 0 aromatic heterocycles. The van der Waals surface area contributed by atoms with E-state index in [9.17, 15) is 4.79 Å². The molecule has 0 amide bonds. The summed E-state index contributed by atoms with van der Waals surface area (Å²) in [4.78, 5) is 10.2. The molecular formula is C9H13O5Sb.